The highest BCUT2D eigenvalue weighted by Crippen LogP contribution is 2.22. The lowest BCUT2D eigenvalue weighted by molar-refractivity contribution is -0.132. The van der Waals surface area contributed by atoms with E-state index in [1.54, 1.807) is 11.0 Å². The van der Waals surface area contributed by atoms with Gasteiger partial charge in [-0.15, -0.1) is 0 Å². The number of fused-ring (bicyclic) bond motifs is 3. The van der Waals surface area contributed by atoms with Crippen LogP contribution in [0.2, 0.25) is 0 Å². The Bertz CT molecular complexity index is 1430. The monoisotopic (exact) mass is 447 g/mol. The molecule has 0 aliphatic carbocycles. The van der Waals surface area contributed by atoms with Crippen molar-refractivity contribution in [3.63, 3.8) is 0 Å². The Morgan fingerprint density at radius 1 is 1.06 bits per heavy atom. The zero-order chi connectivity index (χ0) is 23.1. The van der Waals surface area contributed by atoms with Crippen molar-refractivity contribution in [1.82, 2.24) is 19.4 Å². The van der Waals surface area contributed by atoms with Crippen molar-refractivity contribution in [2.45, 2.75) is 13.5 Å². The summed E-state index contributed by atoms with van der Waals surface area (Å²) in [5, 5.41) is 0.535. The first kappa shape index (κ1) is 20.9. The Kier molecular flexibility index (Phi) is 5.16. The first-order valence-corrected chi connectivity index (χ1v) is 10.7. The fourth-order valence-electron chi connectivity index (χ4n) is 4.24. The summed E-state index contributed by atoms with van der Waals surface area (Å²) < 4.78 is 14.9. The second kappa shape index (κ2) is 8.16. The first-order chi connectivity index (χ1) is 15.9. The molecule has 3 heterocycles. The van der Waals surface area contributed by atoms with Gasteiger partial charge in [0.25, 0.3) is 5.56 Å². The van der Waals surface area contributed by atoms with Gasteiger partial charge in [-0.2, -0.15) is 0 Å². The lowest BCUT2D eigenvalue weighted by Gasteiger charge is -2.36. The molecule has 4 aromatic rings. The van der Waals surface area contributed by atoms with Crippen molar-refractivity contribution < 1.29 is 14.0 Å². The summed E-state index contributed by atoms with van der Waals surface area (Å²) in [6, 6.07) is 11.7. The van der Waals surface area contributed by atoms with E-state index in [-0.39, 0.29) is 29.3 Å². The second-order valence-corrected chi connectivity index (χ2v) is 8.19. The third-order valence-electron chi connectivity index (χ3n) is 6.11. The number of carbonyl (C=O) groups excluding carboxylic acids is 2. The number of halogens is 1. The fraction of sp³-hybridized carbons (Fsp3) is 0.250. The molecule has 0 saturated carbocycles. The quantitative estimate of drug-likeness (QED) is 0.486. The number of anilines is 1. The molecule has 1 N–H and O–H groups in total. The zero-order valence-electron chi connectivity index (χ0n) is 18.0. The van der Waals surface area contributed by atoms with Crippen molar-refractivity contribution in [3.8, 4) is 0 Å². The topological polar surface area (TPSA) is 91.3 Å². The van der Waals surface area contributed by atoms with Gasteiger partial charge in [0.1, 0.15) is 23.4 Å². The Labute approximate surface area is 188 Å². The summed E-state index contributed by atoms with van der Waals surface area (Å²) >= 11 is 0. The molecule has 8 nitrogen and oxygen atoms in total. The van der Waals surface area contributed by atoms with Crippen molar-refractivity contribution in [2.24, 2.45) is 0 Å². The van der Waals surface area contributed by atoms with E-state index < -0.39 is 5.82 Å². The minimum atomic E-state index is -0.404. The van der Waals surface area contributed by atoms with E-state index in [0.717, 1.165) is 5.69 Å². The molecule has 5 rings (SSSR count). The SMILES string of the molecule is CC(=O)c1ccc(N2CCN(C(=O)Cn3cnc4c([nH]c5ccc(F)cc54)c3=O)CC2)cc1. The number of carbonyl (C=O) groups is 2. The third-order valence-corrected chi connectivity index (χ3v) is 6.11. The number of amides is 1. The number of H-pyrrole nitrogens is 1. The average molecular weight is 447 g/mol. The fourth-order valence-corrected chi connectivity index (χ4v) is 4.24. The molecule has 2 aromatic carbocycles. The largest absolute Gasteiger partial charge is 0.368 e. The number of hydrogen-bond acceptors (Lipinski definition) is 5. The van der Waals surface area contributed by atoms with Gasteiger partial charge in [0, 0.05) is 48.3 Å². The van der Waals surface area contributed by atoms with Crippen LogP contribution in [0.15, 0.2) is 53.6 Å². The number of rotatable bonds is 4. The highest BCUT2D eigenvalue weighted by molar-refractivity contribution is 6.04. The van der Waals surface area contributed by atoms with Gasteiger partial charge < -0.3 is 14.8 Å². The van der Waals surface area contributed by atoms with E-state index in [0.29, 0.717) is 48.2 Å². The van der Waals surface area contributed by atoms with Crippen LogP contribution in [0.4, 0.5) is 10.1 Å². The number of nitrogens with zero attached hydrogens (tertiary/aromatic N) is 4. The Morgan fingerprint density at radius 2 is 1.79 bits per heavy atom. The molecule has 9 heteroatoms. The molecule has 1 aliphatic rings. The number of aromatic nitrogens is 3. The van der Waals surface area contributed by atoms with E-state index in [4.69, 9.17) is 0 Å². The highest BCUT2D eigenvalue weighted by Gasteiger charge is 2.22. The van der Waals surface area contributed by atoms with Gasteiger partial charge in [-0.1, -0.05) is 0 Å². The van der Waals surface area contributed by atoms with Gasteiger partial charge in [0.2, 0.25) is 5.91 Å². The molecule has 0 spiro atoms. The van der Waals surface area contributed by atoms with Crippen LogP contribution in [0.25, 0.3) is 21.9 Å². The lowest BCUT2D eigenvalue weighted by Crippen LogP contribution is -2.50. The minimum absolute atomic E-state index is 0.0273. The summed E-state index contributed by atoms with van der Waals surface area (Å²) in [7, 11) is 0. The van der Waals surface area contributed by atoms with Gasteiger partial charge in [-0.25, -0.2) is 9.37 Å². The van der Waals surface area contributed by atoms with Crippen LogP contribution in [-0.4, -0.2) is 57.3 Å². The van der Waals surface area contributed by atoms with Crippen LogP contribution in [0.5, 0.6) is 0 Å². The lowest BCUT2D eigenvalue weighted by atomic mass is 10.1. The van der Waals surface area contributed by atoms with Crippen molar-refractivity contribution >= 4 is 39.3 Å². The average Bonchev–Trinajstić information content (AvgIpc) is 3.19. The van der Waals surface area contributed by atoms with Crippen LogP contribution < -0.4 is 10.5 Å². The minimum Gasteiger partial charge on any atom is -0.368 e. The highest BCUT2D eigenvalue weighted by atomic mass is 19.1. The molecule has 0 atom stereocenters. The van der Waals surface area contributed by atoms with Crippen LogP contribution in [0, 0.1) is 5.82 Å². The maximum atomic E-state index is 13.6. The number of piperazine rings is 1. The molecule has 1 fully saturated rings. The molecule has 0 unspecified atom stereocenters. The standard InChI is InChI=1S/C24H22FN5O3/c1-15(31)16-2-5-18(6-3-16)28-8-10-29(11-9-28)21(32)13-30-14-26-22-19-12-17(25)4-7-20(19)27-23(22)24(30)33/h2-7,12,14,27H,8-11,13H2,1H3. The predicted molar refractivity (Wildman–Crippen MR) is 123 cm³/mol. The van der Waals surface area contributed by atoms with E-state index in [1.165, 1.54) is 30.0 Å². The number of nitrogens with one attached hydrogen (secondary N) is 1. The smallest absolute Gasteiger partial charge is 0.278 e. The predicted octanol–water partition coefficient (Wildman–Crippen LogP) is 2.57. The van der Waals surface area contributed by atoms with Crippen molar-refractivity contribution in [3.05, 3.63) is 70.5 Å². The molecule has 33 heavy (non-hydrogen) atoms. The molecule has 0 radical (unpaired) electrons. The molecule has 1 saturated heterocycles. The summed E-state index contributed by atoms with van der Waals surface area (Å²) in [5.74, 6) is -0.537. The summed E-state index contributed by atoms with van der Waals surface area (Å²) in [6.07, 6.45) is 1.34. The molecular formula is C24H22FN5O3. The van der Waals surface area contributed by atoms with Gasteiger partial charge in [0.05, 0.1) is 6.33 Å². The number of ketones is 1. The molecule has 1 amide bonds. The number of benzene rings is 2. The van der Waals surface area contributed by atoms with Gasteiger partial charge in [-0.3, -0.25) is 19.0 Å². The molecular weight excluding hydrogens is 425 g/mol. The maximum Gasteiger partial charge on any atom is 0.278 e. The molecule has 2 aromatic heterocycles. The number of Topliss-reactive ketones (excluding diaryl/α,β-unsaturated/α-hetero) is 1. The Balaban J connectivity index is 1.28. The van der Waals surface area contributed by atoms with Crippen LogP contribution in [0.3, 0.4) is 0 Å². The van der Waals surface area contributed by atoms with Crippen LogP contribution >= 0.6 is 0 Å². The number of aromatic amines is 1. The third kappa shape index (κ3) is 3.86. The van der Waals surface area contributed by atoms with Crippen LogP contribution in [-0.2, 0) is 11.3 Å². The molecule has 1 aliphatic heterocycles. The van der Waals surface area contributed by atoms with Gasteiger partial charge in [0.15, 0.2) is 5.78 Å². The molecule has 0 bridgehead atoms. The Morgan fingerprint density at radius 3 is 2.48 bits per heavy atom. The van der Waals surface area contributed by atoms with E-state index >= 15 is 0 Å². The second-order valence-electron chi connectivity index (χ2n) is 8.19. The summed E-state index contributed by atoms with van der Waals surface area (Å²) in [5.41, 5.74) is 2.57. The van der Waals surface area contributed by atoms with Crippen LogP contribution in [0.1, 0.15) is 17.3 Å². The summed E-state index contributed by atoms with van der Waals surface area (Å²) in [4.78, 5) is 48.4. The van der Waals surface area contributed by atoms with E-state index in [1.807, 2.05) is 24.3 Å². The number of hydrogen-bond donors (Lipinski definition) is 1. The van der Waals surface area contributed by atoms with E-state index in [2.05, 4.69) is 14.9 Å². The maximum absolute atomic E-state index is 13.6. The van der Waals surface area contributed by atoms with Gasteiger partial charge in [-0.05, 0) is 49.4 Å². The normalized spacial score (nSPS) is 14.2. The first-order valence-electron chi connectivity index (χ1n) is 10.7. The van der Waals surface area contributed by atoms with Crippen molar-refractivity contribution in [2.75, 3.05) is 31.1 Å². The Hall–Kier alpha value is -4.01. The molecule has 168 valence electrons. The summed E-state index contributed by atoms with van der Waals surface area (Å²) in [6.45, 7) is 3.80. The van der Waals surface area contributed by atoms with Gasteiger partial charge >= 0.3 is 0 Å². The van der Waals surface area contributed by atoms with E-state index in [9.17, 15) is 18.8 Å². The van der Waals surface area contributed by atoms with Crippen molar-refractivity contribution in [1.29, 1.82) is 0 Å². The zero-order valence-corrected chi connectivity index (χ0v) is 18.0.